The molecule has 0 aliphatic carbocycles. The van der Waals surface area contributed by atoms with E-state index in [9.17, 15) is 9.59 Å². The van der Waals surface area contributed by atoms with Crippen LogP contribution in [0, 0.1) is 0 Å². The zero-order valence-electron chi connectivity index (χ0n) is 13.9. The van der Waals surface area contributed by atoms with Crippen LogP contribution in [-0.4, -0.2) is 24.6 Å². The van der Waals surface area contributed by atoms with E-state index >= 15 is 0 Å². The zero-order chi connectivity index (χ0) is 17.6. The minimum Gasteiger partial charge on any atom is -0.488 e. The Morgan fingerprint density at radius 1 is 1.12 bits per heavy atom. The van der Waals surface area contributed by atoms with Gasteiger partial charge >= 0.3 is 5.97 Å². The summed E-state index contributed by atoms with van der Waals surface area (Å²) in [6.07, 6.45) is 0.852. The number of hydrogen-bond donors (Lipinski definition) is 1. The molecule has 0 saturated carbocycles. The molecular formula is C20H19NO4. The standard InChI is InChI=1S/C20H19NO4/c1-14(19(22)21-12-15-7-3-2-4-8-15)25-20(23)17-11-16-9-5-6-10-18(16)24-13-17/h2-11,14H,12-13H2,1H3,(H,21,22)/t14-/m0/s1. The second-order valence-corrected chi connectivity index (χ2v) is 5.75. The number of ether oxygens (including phenoxy) is 2. The highest BCUT2D eigenvalue weighted by Gasteiger charge is 2.23. The lowest BCUT2D eigenvalue weighted by Crippen LogP contribution is -2.36. The second-order valence-electron chi connectivity index (χ2n) is 5.75. The quantitative estimate of drug-likeness (QED) is 0.852. The lowest BCUT2D eigenvalue weighted by molar-refractivity contribution is -0.151. The van der Waals surface area contributed by atoms with Crippen LogP contribution in [0.15, 0.2) is 60.2 Å². The number of amides is 1. The third-order valence-electron chi connectivity index (χ3n) is 3.86. The maximum atomic E-state index is 12.2. The fourth-order valence-electron chi connectivity index (χ4n) is 2.45. The number of rotatable bonds is 5. The average molecular weight is 337 g/mol. The van der Waals surface area contributed by atoms with Crippen molar-refractivity contribution in [2.24, 2.45) is 0 Å². The summed E-state index contributed by atoms with van der Waals surface area (Å²) in [5.41, 5.74) is 2.19. The summed E-state index contributed by atoms with van der Waals surface area (Å²) >= 11 is 0. The highest BCUT2D eigenvalue weighted by Crippen LogP contribution is 2.26. The topological polar surface area (TPSA) is 64.6 Å². The first-order valence-corrected chi connectivity index (χ1v) is 8.08. The molecule has 25 heavy (non-hydrogen) atoms. The number of fused-ring (bicyclic) bond motifs is 1. The van der Waals surface area contributed by atoms with Gasteiger partial charge in [-0.05, 0) is 24.6 Å². The van der Waals surface area contributed by atoms with Crippen LogP contribution in [-0.2, 0) is 20.9 Å². The Morgan fingerprint density at radius 3 is 2.64 bits per heavy atom. The van der Waals surface area contributed by atoms with Crippen LogP contribution in [0.3, 0.4) is 0 Å². The molecule has 1 aliphatic heterocycles. The minimum absolute atomic E-state index is 0.133. The SMILES string of the molecule is C[C@H](OC(=O)C1=Cc2ccccc2OC1)C(=O)NCc1ccccc1. The Bertz CT molecular complexity index is 798. The second kappa shape index (κ2) is 7.66. The van der Waals surface area contributed by atoms with Crippen molar-refractivity contribution in [1.82, 2.24) is 5.32 Å². The van der Waals surface area contributed by atoms with E-state index in [1.165, 1.54) is 0 Å². The van der Waals surface area contributed by atoms with Gasteiger partial charge < -0.3 is 14.8 Å². The Morgan fingerprint density at radius 2 is 1.84 bits per heavy atom. The molecule has 0 saturated heterocycles. The Kier molecular flexibility index (Phi) is 5.14. The summed E-state index contributed by atoms with van der Waals surface area (Å²) in [5, 5.41) is 2.76. The monoisotopic (exact) mass is 337 g/mol. The predicted molar refractivity (Wildman–Crippen MR) is 93.8 cm³/mol. The molecule has 1 amide bonds. The summed E-state index contributed by atoms with van der Waals surface area (Å²) in [6, 6.07) is 17.0. The van der Waals surface area contributed by atoms with Crippen molar-refractivity contribution in [3.63, 3.8) is 0 Å². The van der Waals surface area contributed by atoms with Crippen molar-refractivity contribution in [3.05, 3.63) is 71.3 Å². The van der Waals surface area contributed by atoms with Crippen LogP contribution in [0.1, 0.15) is 18.1 Å². The summed E-state index contributed by atoms with van der Waals surface area (Å²) < 4.78 is 10.8. The molecule has 3 rings (SSSR count). The molecule has 1 atom stereocenters. The van der Waals surface area contributed by atoms with Gasteiger partial charge in [0, 0.05) is 12.1 Å². The van der Waals surface area contributed by atoms with Crippen molar-refractivity contribution in [2.75, 3.05) is 6.61 Å². The van der Waals surface area contributed by atoms with Crippen LogP contribution in [0.25, 0.3) is 6.08 Å². The van der Waals surface area contributed by atoms with E-state index in [2.05, 4.69) is 5.32 Å². The van der Waals surface area contributed by atoms with E-state index in [-0.39, 0.29) is 12.5 Å². The Labute approximate surface area is 146 Å². The number of para-hydroxylation sites is 1. The van der Waals surface area contributed by atoms with Crippen LogP contribution in [0.5, 0.6) is 5.75 Å². The minimum atomic E-state index is -0.880. The van der Waals surface area contributed by atoms with Crippen molar-refractivity contribution in [2.45, 2.75) is 19.6 Å². The number of carbonyl (C=O) groups is 2. The van der Waals surface area contributed by atoms with E-state index < -0.39 is 12.1 Å². The summed E-state index contributed by atoms with van der Waals surface area (Å²) in [7, 11) is 0. The highest BCUT2D eigenvalue weighted by atomic mass is 16.6. The summed E-state index contributed by atoms with van der Waals surface area (Å²) in [4.78, 5) is 24.3. The van der Waals surface area contributed by atoms with E-state index in [4.69, 9.17) is 9.47 Å². The van der Waals surface area contributed by atoms with Gasteiger partial charge in [0.15, 0.2) is 6.10 Å². The molecule has 0 radical (unpaired) electrons. The average Bonchev–Trinajstić information content (AvgIpc) is 2.66. The third-order valence-corrected chi connectivity index (χ3v) is 3.86. The van der Waals surface area contributed by atoms with E-state index in [1.54, 1.807) is 13.0 Å². The first kappa shape index (κ1) is 16.8. The predicted octanol–water partition coefficient (Wildman–Crippen LogP) is 2.71. The molecule has 5 heteroatoms. The fraction of sp³-hybridized carbons (Fsp3) is 0.200. The van der Waals surface area contributed by atoms with E-state index in [0.717, 1.165) is 16.9 Å². The first-order chi connectivity index (χ1) is 12.1. The van der Waals surface area contributed by atoms with Crippen molar-refractivity contribution in [1.29, 1.82) is 0 Å². The Balaban J connectivity index is 1.55. The van der Waals surface area contributed by atoms with Crippen molar-refractivity contribution < 1.29 is 19.1 Å². The van der Waals surface area contributed by atoms with Gasteiger partial charge in [0.25, 0.3) is 5.91 Å². The van der Waals surface area contributed by atoms with Gasteiger partial charge in [0.1, 0.15) is 12.4 Å². The normalized spacial score (nSPS) is 13.7. The van der Waals surface area contributed by atoms with E-state index in [0.29, 0.717) is 12.1 Å². The van der Waals surface area contributed by atoms with Gasteiger partial charge in [0.2, 0.25) is 0 Å². The summed E-state index contributed by atoms with van der Waals surface area (Å²) in [5.74, 6) is -0.153. The van der Waals surface area contributed by atoms with Gasteiger partial charge in [-0.1, -0.05) is 48.5 Å². The number of nitrogens with one attached hydrogen (secondary N) is 1. The van der Waals surface area contributed by atoms with Gasteiger partial charge in [-0.3, -0.25) is 4.79 Å². The smallest absolute Gasteiger partial charge is 0.338 e. The fourth-order valence-corrected chi connectivity index (χ4v) is 2.45. The molecule has 1 aliphatic rings. The number of hydrogen-bond acceptors (Lipinski definition) is 4. The lowest BCUT2D eigenvalue weighted by atomic mass is 10.1. The molecule has 2 aromatic rings. The molecule has 2 aromatic carbocycles. The van der Waals surface area contributed by atoms with Crippen molar-refractivity contribution >= 4 is 18.0 Å². The van der Waals surface area contributed by atoms with Crippen LogP contribution < -0.4 is 10.1 Å². The zero-order valence-corrected chi connectivity index (χ0v) is 13.9. The molecule has 0 unspecified atom stereocenters. The van der Waals surface area contributed by atoms with Gasteiger partial charge in [0.05, 0.1) is 5.57 Å². The third kappa shape index (κ3) is 4.26. The first-order valence-electron chi connectivity index (χ1n) is 8.08. The van der Waals surface area contributed by atoms with Crippen molar-refractivity contribution in [3.8, 4) is 5.75 Å². The molecule has 0 fully saturated rings. The number of benzene rings is 2. The van der Waals surface area contributed by atoms with Gasteiger partial charge in [-0.25, -0.2) is 4.79 Å². The van der Waals surface area contributed by atoms with E-state index in [1.807, 2.05) is 54.6 Å². The molecule has 128 valence electrons. The van der Waals surface area contributed by atoms with Gasteiger partial charge in [-0.2, -0.15) is 0 Å². The van der Waals surface area contributed by atoms with Gasteiger partial charge in [-0.15, -0.1) is 0 Å². The molecule has 1 heterocycles. The maximum Gasteiger partial charge on any atom is 0.338 e. The number of carbonyl (C=O) groups excluding carboxylic acids is 2. The molecule has 0 aromatic heterocycles. The maximum absolute atomic E-state index is 12.2. The Hall–Kier alpha value is -3.08. The largest absolute Gasteiger partial charge is 0.488 e. The van der Waals surface area contributed by atoms with Crippen LogP contribution >= 0.6 is 0 Å². The molecule has 5 nitrogen and oxygen atoms in total. The molecule has 0 spiro atoms. The van der Waals surface area contributed by atoms with Crippen LogP contribution in [0.4, 0.5) is 0 Å². The summed E-state index contributed by atoms with van der Waals surface area (Å²) in [6.45, 7) is 2.07. The number of esters is 1. The molecular weight excluding hydrogens is 318 g/mol. The lowest BCUT2D eigenvalue weighted by Gasteiger charge is -2.19. The molecule has 0 bridgehead atoms. The highest BCUT2D eigenvalue weighted by molar-refractivity contribution is 5.96. The van der Waals surface area contributed by atoms with Crippen LogP contribution in [0.2, 0.25) is 0 Å². The molecule has 1 N–H and O–H groups in total.